The molecule has 0 fully saturated rings. The molecule has 0 aliphatic rings. The molecule has 1 heterocycles. The number of benzene rings is 1. The molecule has 146 valence electrons. The lowest BCUT2D eigenvalue weighted by atomic mass is 10.0. The molecule has 1 atom stereocenters. The number of nitrogens with zero attached hydrogens (tertiary/aromatic N) is 3. The zero-order valence-electron chi connectivity index (χ0n) is 15.8. The molecule has 2 aromatic rings. The van der Waals surface area contributed by atoms with Crippen molar-refractivity contribution in [3.8, 4) is 6.07 Å². The molecule has 1 N–H and O–H groups in total. The van der Waals surface area contributed by atoms with Crippen molar-refractivity contribution < 1.29 is 17.6 Å². The molecule has 0 saturated carbocycles. The van der Waals surface area contributed by atoms with Gasteiger partial charge in [0.1, 0.15) is 6.07 Å². The van der Waals surface area contributed by atoms with Crippen LogP contribution in [0.4, 0.5) is 19.1 Å². The minimum atomic E-state index is -4.36. The summed E-state index contributed by atoms with van der Waals surface area (Å²) in [6.45, 7) is 4.40. The molecule has 0 bridgehead atoms. The van der Waals surface area contributed by atoms with E-state index in [4.69, 9.17) is 4.42 Å². The van der Waals surface area contributed by atoms with Gasteiger partial charge in [-0.2, -0.15) is 18.4 Å². The number of rotatable bonds is 7. The number of nitrogens with one attached hydrogen (secondary N) is 1. The van der Waals surface area contributed by atoms with E-state index in [0.29, 0.717) is 24.8 Å². The van der Waals surface area contributed by atoms with Crippen LogP contribution in [0.3, 0.4) is 0 Å². The van der Waals surface area contributed by atoms with Gasteiger partial charge in [-0.15, -0.1) is 0 Å². The van der Waals surface area contributed by atoms with Crippen LogP contribution in [0.1, 0.15) is 42.6 Å². The Labute approximate surface area is 156 Å². The van der Waals surface area contributed by atoms with Crippen LogP contribution in [-0.2, 0) is 12.6 Å². The number of nitriles is 1. The molecule has 27 heavy (non-hydrogen) atoms. The average Bonchev–Trinajstić information content (AvgIpc) is 2.95. The fraction of sp³-hybridized carbons (Fsp3) is 0.474. The van der Waals surface area contributed by atoms with E-state index in [9.17, 15) is 18.4 Å². The van der Waals surface area contributed by atoms with Gasteiger partial charge in [0.15, 0.2) is 5.89 Å². The topological polar surface area (TPSA) is 65.1 Å². The maximum atomic E-state index is 12.8. The normalized spacial score (nSPS) is 13.0. The molecular weight excluding hydrogens is 357 g/mol. The fourth-order valence-electron chi connectivity index (χ4n) is 2.68. The number of halogens is 3. The Hall–Kier alpha value is -2.53. The lowest BCUT2D eigenvalue weighted by Crippen LogP contribution is -2.27. The predicted molar refractivity (Wildman–Crippen MR) is 96.1 cm³/mol. The standard InChI is InChI=1S/C19H23F3N4O/c1-12(2)9-17-25-15(10-23)18(27-17)24-11-16(26(3)4)13-5-7-14(8-6-13)19(20,21)22/h5-8,12,16,24H,9,11H2,1-4H3. The first-order valence-electron chi connectivity index (χ1n) is 8.59. The lowest BCUT2D eigenvalue weighted by Gasteiger charge is -2.25. The molecule has 2 rings (SSSR count). The largest absolute Gasteiger partial charge is 0.424 e. The smallest absolute Gasteiger partial charge is 0.416 e. The van der Waals surface area contributed by atoms with Crippen molar-refractivity contribution in [1.82, 2.24) is 9.88 Å². The summed E-state index contributed by atoms with van der Waals surface area (Å²) in [5.74, 6) is 1.11. The van der Waals surface area contributed by atoms with Crippen LogP contribution in [0.2, 0.25) is 0 Å². The number of aromatic nitrogens is 1. The Balaban J connectivity index is 2.16. The van der Waals surface area contributed by atoms with Crippen molar-refractivity contribution in [2.45, 2.75) is 32.5 Å². The first kappa shape index (κ1) is 20.8. The van der Waals surface area contributed by atoms with E-state index < -0.39 is 11.7 Å². The molecule has 1 aromatic carbocycles. The average molecular weight is 380 g/mol. The molecule has 0 radical (unpaired) electrons. The number of anilines is 1. The van der Waals surface area contributed by atoms with Crippen LogP contribution < -0.4 is 5.32 Å². The Kier molecular flexibility index (Phi) is 6.50. The molecule has 0 saturated heterocycles. The van der Waals surface area contributed by atoms with Gasteiger partial charge in [0.2, 0.25) is 11.6 Å². The summed E-state index contributed by atoms with van der Waals surface area (Å²) in [6.07, 6.45) is -3.74. The van der Waals surface area contributed by atoms with E-state index in [-0.39, 0.29) is 17.6 Å². The molecule has 1 aromatic heterocycles. The van der Waals surface area contributed by atoms with Crippen molar-refractivity contribution in [1.29, 1.82) is 5.26 Å². The van der Waals surface area contributed by atoms with Gasteiger partial charge in [-0.3, -0.25) is 0 Å². The highest BCUT2D eigenvalue weighted by molar-refractivity contribution is 5.45. The quantitative estimate of drug-likeness (QED) is 0.767. The first-order valence-corrected chi connectivity index (χ1v) is 8.59. The summed E-state index contributed by atoms with van der Waals surface area (Å²) in [4.78, 5) is 6.06. The van der Waals surface area contributed by atoms with E-state index in [1.54, 1.807) is 0 Å². The molecule has 0 aliphatic heterocycles. The van der Waals surface area contributed by atoms with Crippen molar-refractivity contribution in [2.24, 2.45) is 5.92 Å². The zero-order chi connectivity index (χ0) is 20.2. The Morgan fingerprint density at radius 3 is 2.33 bits per heavy atom. The van der Waals surface area contributed by atoms with Gasteiger partial charge < -0.3 is 14.6 Å². The molecule has 0 amide bonds. The maximum Gasteiger partial charge on any atom is 0.416 e. The monoisotopic (exact) mass is 380 g/mol. The third-order valence-electron chi connectivity index (χ3n) is 4.06. The number of hydrogen-bond acceptors (Lipinski definition) is 5. The van der Waals surface area contributed by atoms with Crippen LogP contribution in [0, 0.1) is 17.2 Å². The number of hydrogen-bond donors (Lipinski definition) is 1. The number of likely N-dealkylation sites (N-methyl/N-ethyl adjacent to an activating group) is 1. The van der Waals surface area contributed by atoms with Gasteiger partial charge in [-0.05, 0) is 37.7 Å². The molecule has 5 nitrogen and oxygen atoms in total. The van der Waals surface area contributed by atoms with Crippen molar-refractivity contribution >= 4 is 5.88 Å². The third kappa shape index (κ3) is 5.47. The molecular formula is C19H23F3N4O. The van der Waals surface area contributed by atoms with Crippen molar-refractivity contribution in [3.05, 3.63) is 47.0 Å². The summed E-state index contributed by atoms with van der Waals surface area (Å²) < 4.78 is 43.9. The summed E-state index contributed by atoms with van der Waals surface area (Å²) in [5.41, 5.74) is 0.216. The Bertz CT molecular complexity index is 789. The summed E-state index contributed by atoms with van der Waals surface area (Å²) in [7, 11) is 3.67. The van der Waals surface area contributed by atoms with Crippen molar-refractivity contribution in [3.63, 3.8) is 0 Å². The molecule has 8 heteroatoms. The zero-order valence-corrected chi connectivity index (χ0v) is 15.8. The predicted octanol–water partition coefficient (Wildman–Crippen LogP) is 4.48. The highest BCUT2D eigenvalue weighted by Crippen LogP contribution is 2.30. The highest BCUT2D eigenvalue weighted by Gasteiger charge is 2.30. The molecule has 0 spiro atoms. The number of alkyl halides is 3. The van der Waals surface area contributed by atoms with E-state index in [1.165, 1.54) is 12.1 Å². The van der Waals surface area contributed by atoms with Gasteiger partial charge in [0.05, 0.1) is 11.6 Å². The van der Waals surface area contributed by atoms with Gasteiger partial charge in [-0.25, -0.2) is 4.98 Å². The lowest BCUT2D eigenvalue weighted by molar-refractivity contribution is -0.137. The van der Waals surface area contributed by atoms with Crippen LogP contribution in [0.15, 0.2) is 28.7 Å². The summed E-state index contributed by atoms with van der Waals surface area (Å²) >= 11 is 0. The van der Waals surface area contributed by atoms with Crippen LogP contribution >= 0.6 is 0 Å². The Morgan fingerprint density at radius 1 is 1.22 bits per heavy atom. The number of oxazole rings is 1. The second kappa shape index (κ2) is 8.44. The van der Waals surface area contributed by atoms with Gasteiger partial charge in [0.25, 0.3) is 0 Å². The third-order valence-corrected chi connectivity index (χ3v) is 4.06. The maximum absolute atomic E-state index is 12.8. The molecule has 1 unspecified atom stereocenters. The van der Waals surface area contributed by atoms with Crippen LogP contribution in [0.25, 0.3) is 0 Å². The summed E-state index contributed by atoms with van der Waals surface area (Å²) in [5, 5.41) is 12.3. The van der Waals surface area contributed by atoms with Gasteiger partial charge >= 0.3 is 6.18 Å². The van der Waals surface area contributed by atoms with Crippen LogP contribution in [-0.4, -0.2) is 30.5 Å². The minimum Gasteiger partial charge on any atom is -0.424 e. The van der Waals surface area contributed by atoms with Gasteiger partial charge in [0, 0.05) is 13.0 Å². The van der Waals surface area contributed by atoms with E-state index in [2.05, 4.69) is 10.3 Å². The minimum absolute atomic E-state index is 0.176. The highest BCUT2D eigenvalue weighted by atomic mass is 19.4. The van der Waals surface area contributed by atoms with E-state index in [0.717, 1.165) is 17.7 Å². The summed E-state index contributed by atoms with van der Waals surface area (Å²) in [6, 6.07) is 6.86. The van der Waals surface area contributed by atoms with E-state index in [1.807, 2.05) is 38.9 Å². The van der Waals surface area contributed by atoms with Crippen molar-refractivity contribution in [2.75, 3.05) is 26.0 Å². The SMILES string of the molecule is CC(C)Cc1nc(C#N)c(NCC(c2ccc(C(F)(F)F)cc2)N(C)C)o1. The first-order chi connectivity index (χ1) is 12.6. The van der Waals surface area contributed by atoms with Crippen LogP contribution in [0.5, 0.6) is 0 Å². The fourth-order valence-corrected chi connectivity index (χ4v) is 2.68. The second-order valence-corrected chi connectivity index (χ2v) is 6.98. The second-order valence-electron chi connectivity index (χ2n) is 6.98. The van der Waals surface area contributed by atoms with E-state index >= 15 is 0 Å². The molecule has 0 aliphatic carbocycles. The Morgan fingerprint density at radius 2 is 1.85 bits per heavy atom. The van der Waals surface area contributed by atoms with Gasteiger partial charge in [-0.1, -0.05) is 26.0 Å².